The molecule has 0 N–H and O–H groups in total. The highest BCUT2D eigenvalue weighted by molar-refractivity contribution is 6.00. The highest BCUT2D eigenvalue weighted by Crippen LogP contribution is 2.32. The first-order valence-corrected chi connectivity index (χ1v) is 5.33. The predicted molar refractivity (Wildman–Crippen MR) is 62.5 cm³/mol. The van der Waals surface area contributed by atoms with Gasteiger partial charge in [0.2, 0.25) is 0 Å². The molecule has 1 aliphatic rings. The Labute approximate surface area is 87.7 Å². The van der Waals surface area contributed by atoms with E-state index in [1.165, 1.54) is 24.1 Å². The Morgan fingerprint density at radius 2 is 2.00 bits per heavy atom. The molecule has 0 heterocycles. The summed E-state index contributed by atoms with van der Waals surface area (Å²) in [6.07, 6.45) is 5.85. The van der Waals surface area contributed by atoms with E-state index in [9.17, 15) is 0 Å². The monoisotopic (exact) mass is 194 g/mol. The smallest absolute Gasteiger partial charge is 0.0636 e. The number of hydrogen-bond donors (Lipinski definition) is 0. The molecule has 2 heteroatoms. The summed E-state index contributed by atoms with van der Waals surface area (Å²) in [5, 5.41) is 6.45. The molecule has 1 rings (SSSR count). The quantitative estimate of drug-likeness (QED) is 0.586. The molecule has 0 radical (unpaired) electrons. The van der Waals surface area contributed by atoms with Crippen LogP contribution in [-0.2, 0) is 0 Å². The second kappa shape index (κ2) is 4.16. The van der Waals surface area contributed by atoms with Crippen molar-refractivity contribution in [2.75, 3.05) is 14.1 Å². The van der Waals surface area contributed by atoms with Gasteiger partial charge in [0.1, 0.15) is 0 Å². The standard InChI is InChI=1S/C12H22N2/c1-10-7-6-8-12(2,3)9-11(10)13-14(4)5/h7H,6,8-9H2,1-5H3. The lowest BCUT2D eigenvalue weighted by Crippen LogP contribution is -2.18. The highest BCUT2D eigenvalue weighted by Gasteiger charge is 2.23. The molecule has 0 unspecified atom stereocenters. The summed E-state index contributed by atoms with van der Waals surface area (Å²) in [5.41, 5.74) is 2.99. The van der Waals surface area contributed by atoms with Crippen molar-refractivity contribution in [1.82, 2.24) is 5.01 Å². The summed E-state index contributed by atoms with van der Waals surface area (Å²) < 4.78 is 0. The van der Waals surface area contributed by atoms with Crippen LogP contribution < -0.4 is 0 Å². The van der Waals surface area contributed by atoms with Gasteiger partial charge in [-0.05, 0) is 37.2 Å². The third-order valence-electron chi connectivity index (χ3n) is 2.69. The lowest BCUT2D eigenvalue weighted by atomic mass is 9.84. The summed E-state index contributed by atoms with van der Waals surface area (Å²) in [6, 6.07) is 0. The molecule has 0 spiro atoms. The number of hydrazone groups is 1. The maximum atomic E-state index is 4.55. The van der Waals surface area contributed by atoms with Gasteiger partial charge in [0.15, 0.2) is 0 Å². The molecule has 0 aromatic carbocycles. The maximum Gasteiger partial charge on any atom is 0.0636 e. The second-order valence-electron chi connectivity index (χ2n) is 5.16. The number of allylic oxidation sites excluding steroid dienone is 2. The van der Waals surface area contributed by atoms with Crippen LogP contribution in [0.3, 0.4) is 0 Å². The first-order valence-electron chi connectivity index (χ1n) is 5.33. The lowest BCUT2D eigenvalue weighted by molar-refractivity contribution is 0.352. The van der Waals surface area contributed by atoms with E-state index >= 15 is 0 Å². The fraction of sp³-hybridized carbons (Fsp3) is 0.750. The number of hydrogen-bond acceptors (Lipinski definition) is 2. The Morgan fingerprint density at radius 3 is 2.57 bits per heavy atom. The van der Waals surface area contributed by atoms with Gasteiger partial charge in [0, 0.05) is 14.1 Å². The molecule has 0 aromatic rings. The minimum absolute atomic E-state index is 0.392. The van der Waals surface area contributed by atoms with Crippen LogP contribution in [-0.4, -0.2) is 24.8 Å². The van der Waals surface area contributed by atoms with E-state index in [0.717, 1.165) is 6.42 Å². The lowest BCUT2D eigenvalue weighted by Gasteiger charge is -2.23. The van der Waals surface area contributed by atoms with E-state index in [-0.39, 0.29) is 0 Å². The van der Waals surface area contributed by atoms with Gasteiger partial charge in [-0.25, -0.2) is 0 Å². The Bertz CT molecular complexity index is 259. The molecule has 0 fully saturated rings. The molecule has 80 valence electrons. The summed E-state index contributed by atoms with van der Waals surface area (Å²) in [6.45, 7) is 6.82. The van der Waals surface area contributed by atoms with Crippen LogP contribution in [0.15, 0.2) is 16.8 Å². The van der Waals surface area contributed by atoms with Crippen LogP contribution in [0.4, 0.5) is 0 Å². The van der Waals surface area contributed by atoms with Gasteiger partial charge in [-0.2, -0.15) is 5.10 Å². The average Bonchev–Trinajstić information content (AvgIpc) is 2.10. The van der Waals surface area contributed by atoms with Crippen molar-refractivity contribution in [1.29, 1.82) is 0 Å². The van der Waals surface area contributed by atoms with Crippen molar-refractivity contribution >= 4 is 5.71 Å². The first-order chi connectivity index (χ1) is 6.41. The van der Waals surface area contributed by atoms with Gasteiger partial charge in [-0.15, -0.1) is 0 Å². The average molecular weight is 194 g/mol. The zero-order chi connectivity index (χ0) is 10.8. The molecular formula is C12H22N2. The molecule has 1 aliphatic carbocycles. The molecule has 0 saturated carbocycles. The second-order valence-corrected chi connectivity index (χ2v) is 5.16. The van der Waals surface area contributed by atoms with Crippen molar-refractivity contribution in [3.05, 3.63) is 11.6 Å². The summed E-state index contributed by atoms with van der Waals surface area (Å²) in [4.78, 5) is 0. The fourth-order valence-electron chi connectivity index (χ4n) is 1.83. The van der Waals surface area contributed by atoms with Gasteiger partial charge < -0.3 is 5.01 Å². The van der Waals surface area contributed by atoms with Crippen molar-refractivity contribution in [2.45, 2.75) is 40.0 Å². The van der Waals surface area contributed by atoms with Crippen LogP contribution in [0, 0.1) is 5.41 Å². The molecule has 0 amide bonds. The van der Waals surface area contributed by atoms with E-state index in [0.29, 0.717) is 5.41 Å². The molecule has 2 nitrogen and oxygen atoms in total. The van der Waals surface area contributed by atoms with Crippen LogP contribution in [0.5, 0.6) is 0 Å². The minimum atomic E-state index is 0.392. The zero-order valence-electron chi connectivity index (χ0n) is 10.1. The molecule has 0 aliphatic heterocycles. The van der Waals surface area contributed by atoms with Crippen molar-refractivity contribution in [3.63, 3.8) is 0 Å². The highest BCUT2D eigenvalue weighted by atomic mass is 15.4. The SMILES string of the molecule is CC1=CCCC(C)(C)CC1=NN(C)C. The van der Waals surface area contributed by atoms with E-state index in [1.807, 2.05) is 19.1 Å². The van der Waals surface area contributed by atoms with E-state index in [2.05, 4.69) is 31.9 Å². The third kappa shape index (κ3) is 3.17. The van der Waals surface area contributed by atoms with Crippen molar-refractivity contribution in [2.24, 2.45) is 10.5 Å². The number of rotatable bonds is 1. The van der Waals surface area contributed by atoms with Gasteiger partial charge in [0.25, 0.3) is 0 Å². The van der Waals surface area contributed by atoms with Crippen LogP contribution in [0.25, 0.3) is 0 Å². The van der Waals surface area contributed by atoms with Crippen molar-refractivity contribution < 1.29 is 0 Å². The zero-order valence-corrected chi connectivity index (χ0v) is 10.1. The van der Waals surface area contributed by atoms with Crippen LogP contribution in [0.1, 0.15) is 40.0 Å². The largest absolute Gasteiger partial charge is 0.303 e. The molecule has 0 aromatic heterocycles. The summed E-state index contributed by atoms with van der Waals surface area (Å²) in [5.74, 6) is 0. The van der Waals surface area contributed by atoms with E-state index in [1.54, 1.807) is 0 Å². The molecule has 0 bridgehead atoms. The topological polar surface area (TPSA) is 15.6 Å². The van der Waals surface area contributed by atoms with Crippen molar-refractivity contribution in [3.8, 4) is 0 Å². The number of nitrogens with zero attached hydrogens (tertiary/aromatic N) is 2. The summed E-state index contributed by atoms with van der Waals surface area (Å²) >= 11 is 0. The Balaban J connectivity index is 2.89. The minimum Gasteiger partial charge on any atom is -0.303 e. The van der Waals surface area contributed by atoms with Gasteiger partial charge in [-0.3, -0.25) is 0 Å². The predicted octanol–water partition coefficient (Wildman–Crippen LogP) is 3.06. The van der Waals surface area contributed by atoms with Gasteiger partial charge in [-0.1, -0.05) is 19.9 Å². The Morgan fingerprint density at radius 1 is 1.36 bits per heavy atom. The maximum absolute atomic E-state index is 4.55. The van der Waals surface area contributed by atoms with Crippen LogP contribution in [0.2, 0.25) is 0 Å². The summed E-state index contributed by atoms with van der Waals surface area (Å²) in [7, 11) is 3.97. The third-order valence-corrected chi connectivity index (χ3v) is 2.69. The van der Waals surface area contributed by atoms with Gasteiger partial charge in [0.05, 0.1) is 5.71 Å². The Kier molecular flexibility index (Phi) is 3.35. The molecule has 0 atom stereocenters. The Hall–Kier alpha value is -0.790. The normalized spacial score (nSPS) is 24.4. The first kappa shape index (κ1) is 11.3. The van der Waals surface area contributed by atoms with Gasteiger partial charge >= 0.3 is 0 Å². The van der Waals surface area contributed by atoms with E-state index < -0.39 is 0 Å². The van der Waals surface area contributed by atoms with E-state index in [4.69, 9.17) is 0 Å². The fourth-order valence-corrected chi connectivity index (χ4v) is 1.83. The molecular weight excluding hydrogens is 172 g/mol. The molecule has 0 saturated heterocycles. The molecule has 14 heavy (non-hydrogen) atoms. The van der Waals surface area contributed by atoms with Crippen LogP contribution >= 0.6 is 0 Å².